The molecule has 16 rings (SSSR count). The second kappa shape index (κ2) is 14.5. The Bertz CT molecular complexity index is 4590. The number of nitrogens with zero attached hydrogens (tertiary/aromatic N) is 3. The number of rotatable bonds is 5. The molecule has 71 heavy (non-hydrogen) atoms. The Labute approximate surface area is 405 Å². The smallest absolute Gasteiger partial charge is 0.159 e. The van der Waals surface area contributed by atoms with Gasteiger partial charge in [0.25, 0.3) is 0 Å². The van der Waals surface area contributed by atoms with Gasteiger partial charge in [0.05, 0.1) is 44.5 Å². The topological polar surface area (TPSA) is 41.1 Å². The average Bonchev–Trinajstić information content (AvgIpc) is 4.24. The van der Waals surface area contributed by atoms with Crippen LogP contribution in [0, 0.1) is 0 Å². The molecule has 5 heteroatoms. The van der Waals surface area contributed by atoms with E-state index in [4.69, 9.17) is 8.83 Å². The average molecular weight is 906 g/mol. The molecule has 0 saturated carbocycles. The van der Waals surface area contributed by atoms with E-state index >= 15 is 0 Å². The second-order valence-corrected chi connectivity index (χ2v) is 18.8. The minimum absolute atomic E-state index is 0.892. The van der Waals surface area contributed by atoms with Crippen molar-refractivity contribution in [1.82, 2.24) is 13.7 Å². The summed E-state index contributed by atoms with van der Waals surface area (Å²) in [5, 5.41) is 11.7. The first-order valence-corrected chi connectivity index (χ1v) is 24.2. The number of aromatic nitrogens is 3. The number of furan rings is 2. The lowest BCUT2D eigenvalue weighted by atomic mass is 9.98. The second-order valence-electron chi connectivity index (χ2n) is 18.8. The molecule has 0 unspecified atom stereocenters. The third-order valence-electron chi connectivity index (χ3n) is 15.0. The molecule has 5 heterocycles. The highest BCUT2D eigenvalue weighted by Crippen LogP contribution is 2.43. The third-order valence-corrected chi connectivity index (χ3v) is 15.0. The van der Waals surface area contributed by atoms with E-state index in [1.807, 2.05) is 12.1 Å². The predicted molar refractivity (Wildman–Crippen MR) is 295 cm³/mol. The molecule has 0 aliphatic heterocycles. The summed E-state index contributed by atoms with van der Waals surface area (Å²) < 4.78 is 20.3. The monoisotopic (exact) mass is 905 g/mol. The van der Waals surface area contributed by atoms with Crippen LogP contribution in [0.4, 0.5) is 0 Å². The summed E-state index contributed by atoms with van der Waals surface area (Å²) in [6.45, 7) is 0. The standard InChI is InChI=1S/C66H39N3O2/c1-2-14-44(15-3-1)67-57-32-28-42(40-30-34-59-51(36-40)45-16-4-8-22-55(45)68(59)61-24-12-20-49-47-18-6-10-26-63(47)70-65(49)61)38-53(57)54-39-43(29-33-58(54)67)41-31-35-60-52(37-41)46-17-5-9-23-56(46)69(60)62-25-13-21-50-48-19-7-11-27-64(48)71-66(50)62/h1-39H. The summed E-state index contributed by atoms with van der Waals surface area (Å²) in [4.78, 5) is 0. The molecule has 0 spiro atoms. The zero-order valence-electron chi connectivity index (χ0n) is 38.2. The Balaban J connectivity index is 0.866. The molecule has 5 nitrogen and oxygen atoms in total. The summed E-state index contributed by atoms with van der Waals surface area (Å²) in [5.74, 6) is 0. The van der Waals surface area contributed by atoms with E-state index in [1.54, 1.807) is 0 Å². The zero-order chi connectivity index (χ0) is 46.3. The van der Waals surface area contributed by atoms with Crippen LogP contribution in [0.5, 0.6) is 0 Å². The van der Waals surface area contributed by atoms with Gasteiger partial charge in [0.1, 0.15) is 11.2 Å². The highest BCUT2D eigenvalue weighted by Gasteiger charge is 2.21. The Hall–Kier alpha value is -9.58. The van der Waals surface area contributed by atoms with E-state index in [0.717, 1.165) is 83.0 Å². The third kappa shape index (κ3) is 5.46. The summed E-state index contributed by atoms with van der Waals surface area (Å²) in [6, 6.07) is 85.6. The maximum absolute atomic E-state index is 6.59. The Kier molecular flexibility index (Phi) is 7.82. The van der Waals surface area contributed by atoms with Crippen molar-refractivity contribution in [1.29, 1.82) is 0 Å². The van der Waals surface area contributed by atoms with Crippen LogP contribution in [0.15, 0.2) is 245 Å². The number of benzene rings is 11. The van der Waals surface area contributed by atoms with Gasteiger partial charge in [-0.05, 0) is 119 Å². The maximum Gasteiger partial charge on any atom is 0.159 e. The van der Waals surface area contributed by atoms with Crippen molar-refractivity contribution in [2.45, 2.75) is 0 Å². The normalized spacial score (nSPS) is 12.2. The van der Waals surface area contributed by atoms with Crippen molar-refractivity contribution < 1.29 is 8.83 Å². The van der Waals surface area contributed by atoms with Crippen molar-refractivity contribution in [3.8, 4) is 39.3 Å². The fraction of sp³-hybridized carbons (Fsp3) is 0. The van der Waals surface area contributed by atoms with Gasteiger partial charge in [0.2, 0.25) is 0 Å². The number of hydrogen-bond donors (Lipinski definition) is 0. The lowest BCUT2D eigenvalue weighted by Crippen LogP contribution is -1.94. The van der Waals surface area contributed by atoms with Gasteiger partial charge in [-0.2, -0.15) is 0 Å². The largest absolute Gasteiger partial charge is 0.454 e. The van der Waals surface area contributed by atoms with Crippen LogP contribution in [0.1, 0.15) is 0 Å². The van der Waals surface area contributed by atoms with E-state index in [9.17, 15) is 0 Å². The summed E-state index contributed by atoms with van der Waals surface area (Å²) >= 11 is 0. The number of fused-ring (bicyclic) bond motifs is 15. The van der Waals surface area contributed by atoms with Gasteiger partial charge >= 0.3 is 0 Å². The van der Waals surface area contributed by atoms with Crippen molar-refractivity contribution in [2.75, 3.05) is 0 Å². The molecule has 0 aliphatic rings. The molecule has 5 aromatic heterocycles. The van der Waals surface area contributed by atoms with Gasteiger partial charge in [0.15, 0.2) is 11.2 Å². The molecule has 0 radical (unpaired) electrons. The van der Waals surface area contributed by atoms with Crippen LogP contribution < -0.4 is 0 Å². The van der Waals surface area contributed by atoms with Crippen molar-refractivity contribution in [2.24, 2.45) is 0 Å². The molecular formula is C66H39N3O2. The van der Waals surface area contributed by atoms with Crippen molar-refractivity contribution in [3.05, 3.63) is 237 Å². The predicted octanol–water partition coefficient (Wildman–Crippen LogP) is 18.1. The zero-order valence-corrected chi connectivity index (χ0v) is 38.2. The Morgan fingerprint density at radius 2 is 0.563 bits per heavy atom. The molecule has 330 valence electrons. The lowest BCUT2D eigenvalue weighted by Gasteiger charge is -2.10. The summed E-state index contributed by atoms with van der Waals surface area (Å²) in [6.07, 6.45) is 0. The molecule has 16 aromatic rings. The van der Waals surface area contributed by atoms with E-state index in [2.05, 4.69) is 238 Å². The molecule has 0 atom stereocenters. The van der Waals surface area contributed by atoms with Crippen LogP contribution in [0.2, 0.25) is 0 Å². The van der Waals surface area contributed by atoms with Crippen molar-refractivity contribution in [3.63, 3.8) is 0 Å². The van der Waals surface area contributed by atoms with Crippen LogP contribution in [0.25, 0.3) is 149 Å². The summed E-state index contributed by atoms with van der Waals surface area (Å²) in [5.41, 5.74) is 18.4. The van der Waals surface area contributed by atoms with E-state index in [-0.39, 0.29) is 0 Å². The van der Waals surface area contributed by atoms with E-state index in [0.29, 0.717) is 0 Å². The minimum Gasteiger partial charge on any atom is -0.454 e. The first-order valence-electron chi connectivity index (χ1n) is 24.2. The Morgan fingerprint density at radius 3 is 1.01 bits per heavy atom. The molecule has 0 aliphatic carbocycles. The quantitative estimate of drug-likeness (QED) is 0.173. The molecule has 0 amide bonds. The Morgan fingerprint density at radius 1 is 0.225 bits per heavy atom. The highest BCUT2D eigenvalue weighted by molar-refractivity contribution is 6.17. The van der Waals surface area contributed by atoms with E-state index < -0.39 is 0 Å². The van der Waals surface area contributed by atoms with Gasteiger partial charge in [-0.25, -0.2) is 0 Å². The molecule has 0 N–H and O–H groups in total. The van der Waals surface area contributed by atoms with Gasteiger partial charge < -0.3 is 22.5 Å². The van der Waals surface area contributed by atoms with Crippen LogP contribution in [-0.2, 0) is 0 Å². The molecular weight excluding hydrogens is 867 g/mol. The number of para-hydroxylation sites is 7. The van der Waals surface area contributed by atoms with Crippen LogP contribution in [-0.4, -0.2) is 13.7 Å². The molecule has 0 saturated heterocycles. The van der Waals surface area contributed by atoms with Crippen LogP contribution in [0.3, 0.4) is 0 Å². The number of hydrogen-bond acceptors (Lipinski definition) is 2. The van der Waals surface area contributed by atoms with E-state index in [1.165, 1.54) is 65.6 Å². The fourth-order valence-electron chi connectivity index (χ4n) is 11.9. The van der Waals surface area contributed by atoms with Gasteiger partial charge in [-0.15, -0.1) is 0 Å². The first-order chi connectivity index (χ1) is 35.2. The highest BCUT2D eigenvalue weighted by atomic mass is 16.3. The van der Waals surface area contributed by atoms with Crippen LogP contribution >= 0.6 is 0 Å². The molecule has 0 fully saturated rings. The lowest BCUT2D eigenvalue weighted by molar-refractivity contribution is 0.666. The van der Waals surface area contributed by atoms with Gasteiger partial charge in [-0.1, -0.05) is 140 Å². The van der Waals surface area contributed by atoms with Gasteiger partial charge in [0, 0.05) is 59.5 Å². The van der Waals surface area contributed by atoms with Gasteiger partial charge in [-0.3, -0.25) is 0 Å². The maximum atomic E-state index is 6.59. The SMILES string of the molecule is c1ccc(-n2c3ccc(-c4ccc5c(c4)c4ccccc4n5-c4cccc5c4oc4ccccc45)cc3c3cc(-c4ccc5c(c4)c4ccccc4n5-c4cccc5c4oc4ccccc45)ccc32)cc1. The fourth-order valence-corrected chi connectivity index (χ4v) is 11.9. The van der Waals surface area contributed by atoms with Crippen molar-refractivity contribution >= 4 is 109 Å². The minimum atomic E-state index is 0.892. The molecule has 11 aromatic carbocycles. The molecule has 0 bridgehead atoms. The summed E-state index contributed by atoms with van der Waals surface area (Å²) in [7, 11) is 0. The first kappa shape index (κ1) is 38.4.